The molecule has 0 fully saturated rings. The Balaban J connectivity index is 1.85. The van der Waals surface area contributed by atoms with Gasteiger partial charge in [-0.25, -0.2) is 0 Å². The Morgan fingerprint density at radius 3 is 3.10 bits per heavy atom. The van der Waals surface area contributed by atoms with Gasteiger partial charge in [-0.1, -0.05) is 11.2 Å². The molecule has 0 unspecified atom stereocenters. The van der Waals surface area contributed by atoms with E-state index in [0.717, 1.165) is 22.9 Å². The van der Waals surface area contributed by atoms with Crippen LogP contribution in [0, 0.1) is 11.3 Å². The summed E-state index contributed by atoms with van der Waals surface area (Å²) < 4.78 is 5.19. The third-order valence-electron chi connectivity index (χ3n) is 3.01. The summed E-state index contributed by atoms with van der Waals surface area (Å²) in [5.41, 5.74) is 1.84. The Morgan fingerprint density at radius 2 is 2.20 bits per heavy atom. The first kappa shape index (κ1) is 12.3. The number of nitriles is 1. The van der Waals surface area contributed by atoms with Crippen LogP contribution in [0.15, 0.2) is 41.1 Å². The van der Waals surface area contributed by atoms with Crippen molar-refractivity contribution in [1.29, 1.82) is 5.26 Å². The van der Waals surface area contributed by atoms with Crippen LogP contribution < -0.4 is 0 Å². The summed E-state index contributed by atoms with van der Waals surface area (Å²) in [5.74, 6) is 1.14. The van der Waals surface area contributed by atoms with Crippen molar-refractivity contribution in [2.24, 2.45) is 0 Å². The smallest absolute Gasteiger partial charge is 0.226 e. The van der Waals surface area contributed by atoms with Crippen molar-refractivity contribution in [1.82, 2.24) is 15.1 Å². The van der Waals surface area contributed by atoms with E-state index in [0.29, 0.717) is 24.6 Å². The molecule has 0 atom stereocenters. The predicted molar refractivity (Wildman–Crippen MR) is 73.6 cm³/mol. The van der Waals surface area contributed by atoms with Gasteiger partial charge in [-0.2, -0.15) is 10.2 Å². The second-order valence-electron chi connectivity index (χ2n) is 4.43. The zero-order chi connectivity index (χ0) is 13.8. The van der Waals surface area contributed by atoms with Crippen LogP contribution in [0.5, 0.6) is 0 Å². The lowest BCUT2D eigenvalue weighted by Crippen LogP contribution is -1.86. The maximum absolute atomic E-state index is 8.51. The molecular weight excluding hydrogens is 252 g/mol. The van der Waals surface area contributed by atoms with E-state index < -0.39 is 0 Å². The second-order valence-corrected chi connectivity index (χ2v) is 4.43. The van der Waals surface area contributed by atoms with Gasteiger partial charge in [0.2, 0.25) is 11.7 Å². The molecule has 2 aromatic heterocycles. The van der Waals surface area contributed by atoms with Gasteiger partial charge in [0.1, 0.15) is 0 Å². The van der Waals surface area contributed by atoms with E-state index in [9.17, 15) is 0 Å². The van der Waals surface area contributed by atoms with Crippen LogP contribution in [-0.4, -0.2) is 15.1 Å². The lowest BCUT2D eigenvalue weighted by atomic mass is 10.1. The number of benzene rings is 1. The highest BCUT2D eigenvalue weighted by atomic mass is 16.5. The van der Waals surface area contributed by atoms with Gasteiger partial charge in [-0.3, -0.25) is 4.98 Å². The van der Waals surface area contributed by atoms with Crippen LogP contribution >= 0.6 is 0 Å². The molecule has 0 aliphatic carbocycles. The molecule has 5 nitrogen and oxygen atoms in total. The molecule has 0 spiro atoms. The average Bonchev–Trinajstić information content (AvgIpc) is 2.96. The molecule has 98 valence electrons. The van der Waals surface area contributed by atoms with Crippen LogP contribution in [0.3, 0.4) is 0 Å². The van der Waals surface area contributed by atoms with Crippen LogP contribution in [0.4, 0.5) is 0 Å². The summed E-state index contributed by atoms with van der Waals surface area (Å²) in [4.78, 5) is 8.63. The maximum Gasteiger partial charge on any atom is 0.226 e. The van der Waals surface area contributed by atoms with E-state index in [-0.39, 0.29) is 0 Å². The topological polar surface area (TPSA) is 75.6 Å². The van der Waals surface area contributed by atoms with Crippen molar-refractivity contribution < 1.29 is 4.52 Å². The lowest BCUT2D eigenvalue weighted by molar-refractivity contribution is 0.376. The van der Waals surface area contributed by atoms with E-state index in [1.807, 2.05) is 30.3 Å². The van der Waals surface area contributed by atoms with E-state index in [4.69, 9.17) is 9.78 Å². The number of pyridine rings is 1. The number of unbranched alkanes of at least 4 members (excludes halogenated alkanes) is 1. The van der Waals surface area contributed by atoms with E-state index >= 15 is 0 Å². The van der Waals surface area contributed by atoms with Crippen LogP contribution in [-0.2, 0) is 6.42 Å². The molecule has 0 saturated carbocycles. The highest BCUT2D eigenvalue weighted by Crippen LogP contribution is 2.21. The zero-order valence-corrected chi connectivity index (χ0v) is 10.8. The van der Waals surface area contributed by atoms with Gasteiger partial charge in [0.15, 0.2) is 0 Å². The van der Waals surface area contributed by atoms with Crippen LogP contribution in [0.1, 0.15) is 18.7 Å². The van der Waals surface area contributed by atoms with E-state index in [1.165, 1.54) is 0 Å². The molecule has 0 bridgehead atoms. The highest BCUT2D eigenvalue weighted by Gasteiger charge is 2.09. The van der Waals surface area contributed by atoms with Crippen molar-refractivity contribution >= 4 is 10.9 Å². The molecule has 0 aliphatic heterocycles. The quantitative estimate of drug-likeness (QED) is 0.676. The Hall–Kier alpha value is -2.74. The molecule has 3 aromatic rings. The van der Waals surface area contributed by atoms with Crippen LogP contribution in [0.25, 0.3) is 22.3 Å². The molecular formula is C15H12N4O. The number of hydrogen-bond donors (Lipinski definition) is 0. The fourth-order valence-corrected chi connectivity index (χ4v) is 2.01. The van der Waals surface area contributed by atoms with Gasteiger partial charge < -0.3 is 4.52 Å². The summed E-state index contributed by atoms with van der Waals surface area (Å²) in [6, 6.07) is 11.9. The van der Waals surface area contributed by atoms with Gasteiger partial charge in [-0.15, -0.1) is 0 Å². The monoisotopic (exact) mass is 264 g/mol. The fraction of sp³-hybridized carbons (Fsp3) is 0.200. The summed E-state index contributed by atoms with van der Waals surface area (Å²) in [6.45, 7) is 0. The molecule has 3 rings (SSSR count). The largest absolute Gasteiger partial charge is 0.339 e. The van der Waals surface area contributed by atoms with Crippen LogP contribution in [0.2, 0.25) is 0 Å². The van der Waals surface area contributed by atoms with Gasteiger partial charge in [0.05, 0.1) is 11.6 Å². The molecule has 0 saturated heterocycles. The Labute approximate surface area is 115 Å². The molecule has 2 heterocycles. The molecule has 1 aromatic carbocycles. The normalized spacial score (nSPS) is 10.6. The van der Waals surface area contributed by atoms with Crippen molar-refractivity contribution in [3.8, 4) is 17.5 Å². The highest BCUT2D eigenvalue weighted by molar-refractivity contribution is 5.82. The number of nitrogens with zero attached hydrogens (tertiary/aromatic N) is 4. The Bertz CT molecular complexity index is 773. The number of fused-ring (bicyclic) bond motifs is 1. The Morgan fingerprint density at radius 1 is 1.25 bits per heavy atom. The first-order chi connectivity index (χ1) is 9.86. The summed E-state index contributed by atoms with van der Waals surface area (Å²) in [5, 5.41) is 13.5. The van der Waals surface area contributed by atoms with Gasteiger partial charge in [-0.05, 0) is 30.7 Å². The Kier molecular flexibility index (Phi) is 3.38. The van der Waals surface area contributed by atoms with Crippen molar-refractivity contribution in [2.75, 3.05) is 0 Å². The second kappa shape index (κ2) is 5.49. The first-order valence-corrected chi connectivity index (χ1v) is 6.41. The minimum atomic E-state index is 0.499. The van der Waals surface area contributed by atoms with E-state index in [1.54, 1.807) is 6.20 Å². The third kappa shape index (κ3) is 2.50. The molecule has 0 amide bonds. The van der Waals surface area contributed by atoms with Crippen molar-refractivity contribution in [2.45, 2.75) is 19.3 Å². The average molecular weight is 264 g/mol. The van der Waals surface area contributed by atoms with Crippen molar-refractivity contribution in [3.63, 3.8) is 0 Å². The minimum Gasteiger partial charge on any atom is -0.339 e. The molecule has 5 heteroatoms. The molecule has 20 heavy (non-hydrogen) atoms. The lowest BCUT2D eigenvalue weighted by Gasteiger charge is -1.98. The maximum atomic E-state index is 8.51. The number of hydrogen-bond acceptors (Lipinski definition) is 5. The molecule has 0 radical (unpaired) electrons. The fourth-order valence-electron chi connectivity index (χ4n) is 2.01. The number of aromatic nitrogens is 3. The number of aryl methyl sites for hydroxylation is 1. The third-order valence-corrected chi connectivity index (χ3v) is 3.01. The number of rotatable bonds is 4. The first-order valence-electron chi connectivity index (χ1n) is 6.41. The van der Waals surface area contributed by atoms with Gasteiger partial charge in [0.25, 0.3) is 0 Å². The standard InChI is InChI=1S/C15H12N4O/c16-8-2-1-5-14-18-15(19-20-14)12-6-7-13-11(10-12)4-3-9-17-13/h3-4,6-7,9-10H,1-2,5H2. The molecule has 0 aliphatic rings. The van der Waals surface area contributed by atoms with Gasteiger partial charge >= 0.3 is 0 Å². The minimum absolute atomic E-state index is 0.499. The SMILES string of the molecule is N#CCCCc1nc(-c2ccc3ncccc3c2)no1. The summed E-state index contributed by atoms with van der Waals surface area (Å²) in [7, 11) is 0. The zero-order valence-electron chi connectivity index (χ0n) is 10.8. The predicted octanol–water partition coefficient (Wildman–Crippen LogP) is 3.13. The summed E-state index contributed by atoms with van der Waals surface area (Å²) >= 11 is 0. The summed E-state index contributed by atoms with van der Waals surface area (Å²) in [6.07, 6.45) is 3.64. The molecule has 0 N–H and O–H groups in total. The van der Waals surface area contributed by atoms with Crippen molar-refractivity contribution in [3.05, 3.63) is 42.4 Å². The van der Waals surface area contributed by atoms with Gasteiger partial charge in [0, 0.05) is 30.0 Å². The van der Waals surface area contributed by atoms with E-state index in [2.05, 4.69) is 21.2 Å².